The van der Waals surface area contributed by atoms with Gasteiger partial charge in [-0.1, -0.05) is 19.1 Å². The van der Waals surface area contributed by atoms with Crippen LogP contribution in [-0.2, 0) is 11.3 Å². The summed E-state index contributed by atoms with van der Waals surface area (Å²) in [5, 5.41) is 10.5. The number of aromatic nitrogens is 5. The summed E-state index contributed by atoms with van der Waals surface area (Å²) in [4.78, 5) is 16.4. The summed E-state index contributed by atoms with van der Waals surface area (Å²) in [5.74, 6) is 1.18. The Balaban J connectivity index is 1.90. The first-order valence-electron chi connectivity index (χ1n) is 6.74. The fraction of sp³-hybridized carbons (Fsp3) is 0.538. The molecule has 0 saturated heterocycles. The average Bonchev–Trinajstić information content (AvgIpc) is 3.08. The Morgan fingerprint density at radius 3 is 2.75 bits per heavy atom. The van der Waals surface area contributed by atoms with Gasteiger partial charge in [0.1, 0.15) is 11.9 Å². The number of imidazole rings is 1. The summed E-state index contributed by atoms with van der Waals surface area (Å²) in [6.07, 6.45) is 6.96. The Morgan fingerprint density at radius 2 is 2.10 bits per heavy atom. The summed E-state index contributed by atoms with van der Waals surface area (Å²) in [6.45, 7) is 7.14. The molecule has 0 radical (unpaired) electrons. The molecule has 2 rings (SSSR count). The standard InChI is InChI=1S/C13H20N6O/c1-10(2)12-14-5-9-19(12)11(3)13(20)15-4-7-18-8-6-16-17-18/h5-6,8-11H,4,7H2,1-3H3,(H,15,20). The van der Waals surface area contributed by atoms with Crippen molar-refractivity contribution in [1.82, 2.24) is 29.9 Å². The zero-order valence-corrected chi connectivity index (χ0v) is 12.0. The van der Waals surface area contributed by atoms with Crippen molar-refractivity contribution >= 4 is 5.91 Å². The lowest BCUT2D eigenvalue weighted by atomic mass is 10.2. The summed E-state index contributed by atoms with van der Waals surface area (Å²) < 4.78 is 3.59. The van der Waals surface area contributed by atoms with Gasteiger partial charge in [0.05, 0.1) is 12.7 Å². The van der Waals surface area contributed by atoms with E-state index < -0.39 is 0 Å². The van der Waals surface area contributed by atoms with E-state index in [9.17, 15) is 4.79 Å². The van der Waals surface area contributed by atoms with Crippen LogP contribution in [0.2, 0.25) is 0 Å². The third kappa shape index (κ3) is 3.23. The third-order valence-electron chi connectivity index (χ3n) is 3.12. The fourth-order valence-electron chi connectivity index (χ4n) is 2.02. The van der Waals surface area contributed by atoms with E-state index in [-0.39, 0.29) is 17.9 Å². The van der Waals surface area contributed by atoms with Crippen LogP contribution in [-0.4, -0.2) is 37.0 Å². The van der Waals surface area contributed by atoms with Crippen molar-refractivity contribution in [1.29, 1.82) is 0 Å². The molecular formula is C13H20N6O. The molecule has 2 heterocycles. The molecule has 0 aliphatic rings. The second-order valence-electron chi connectivity index (χ2n) is 4.98. The van der Waals surface area contributed by atoms with Gasteiger partial charge in [0, 0.05) is 31.1 Å². The summed E-state index contributed by atoms with van der Waals surface area (Å²) in [5.41, 5.74) is 0. The van der Waals surface area contributed by atoms with E-state index in [2.05, 4.69) is 34.5 Å². The molecule has 108 valence electrons. The molecule has 0 aromatic carbocycles. The molecule has 1 amide bonds. The van der Waals surface area contributed by atoms with Crippen molar-refractivity contribution in [2.24, 2.45) is 0 Å². The first-order chi connectivity index (χ1) is 9.59. The molecule has 2 aromatic rings. The summed E-state index contributed by atoms with van der Waals surface area (Å²) in [6, 6.07) is -0.273. The van der Waals surface area contributed by atoms with E-state index in [4.69, 9.17) is 0 Å². The first-order valence-corrected chi connectivity index (χ1v) is 6.74. The van der Waals surface area contributed by atoms with E-state index in [1.165, 1.54) is 0 Å². The molecule has 0 saturated carbocycles. The number of rotatable bonds is 6. The van der Waals surface area contributed by atoms with Crippen LogP contribution in [0.25, 0.3) is 0 Å². The molecule has 20 heavy (non-hydrogen) atoms. The van der Waals surface area contributed by atoms with Crippen LogP contribution in [0.15, 0.2) is 24.8 Å². The molecule has 0 spiro atoms. The maximum atomic E-state index is 12.1. The van der Waals surface area contributed by atoms with Gasteiger partial charge in [0.15, 0.2) is 0 Å². The molecule has 7 heteroatoms. The maximum Gasteiger partial charge on any atom is 0.242 e. The normalized spacial score (nSPS) is 12.6. The molecule has 2 aromatic heterocycles. The molecule has 1 unspecified atom stereocenters. The molecule has 7 nitrogen and oxygen atoms in total. The van der Waals surface area contributed by atoms with E-state index >= 15 is 0 Å². The predicted octanol–water partition coefficient (Wildman–Crippen LogP) is 0.975. The number of nitrogens with zero attached hydrogens (tertiary/aromatic N) is 5. The minimum atomic E-state index is -0.273. The second-order valence-corrected chi connectivity index (χ2v) is 4.98. The molecule has 1 N–H and O–H groups in total. The van der Waals surface area contributed by atoms with Crippen LogP contribution < -0.4 is 5.32 Å². The first kappa shape index (κ1) is 14.2. The average molecular weight is 276 g/mol. The lowest BCUT2D eigenvalue weighted by Gasteiger charge is -2.17. The molecule has 1 atom stereocenters. The quantitative estimate of drug-likeness (QED) is 0.853. The Morgan fingerprint density at radius 1 is 1.30 bits per heavy atom. The highest BCUT2D eigenvalue weighted by molar-refractivity contribution is 5.79. The SMILES string of the molecule is CC(C)c1nccn1C(C)C(=O)NCCn1ccnn1. The molecule has 0 aliphatic heterocycles. The molecule has 0 aliphatic carbocycles. The smallest absolute Gasteiger partial charge is 0.242 e. The van der Waals surface area contributed by atoms with Crippen molar-refractivity contribution in [2.45, 2.75) is 39.3 Å². The van der Waals surface area contributed by atoms with Crippen molar-refractivity contribution < 1.29 is 4.79 Å². The van der Waals surface area contributed by atoms with Gasteiger partial charge < -0.3 is 9.88 Å². The van der Waals surface area contributed by atoms with Crippen LogP contribution in [0.4, 0.5) is 0 Å². The minimum Gasteiger partial charge on any atom is -0.352 e. The van der Waals surface area contributed by atoms with E-state index in [0.29, 0.717) is 13.1 Å². The Kier molecular flexibility index (Phi) is 4.49. The van der Waals surface area contributed by atoms with Crippen LogP contribution in [0.1, 0.15) is 38.6 Å². The van der Waals surface area contributed by atoms with Crippen LogP contribution >= 0.6 is 0 Å². The highest BCUT2D eigenvalue weighted by Gasteiger charge is 2.18. The van der Waals surface area contributed by atoms with Crippen molar-refractivity contribution in [2.75, 3.05) is 6.54 Å². The van der Waals surface area contributed by atoms with Crippen molar-refractivity contribution in [3.63, 3.8) is 0 Å². The maximum absolute atomic E-state index is 12.1. The Bertz CT molecular complexity index is 545. The van der Waals surface area contributed by atoms with Gasteiger partial charge in [-0.25, -0.2) is 4.98 Å². The second kappa shape index (κ2) is 6.31. The minimum absolute atomic E-state index is 0.0231. The zero-order valence-electron chi connectivity index (χ0n) is 12.0. The van der Waals surface area contributed by atoms with Gasteiger partial charge in [0.25, 0.3) is 0 Å². The summed E-state index contributed by atoms with van der Waals surface area (Å²) in [7, 11) is 0. The van der Waals surface area contributed by atoms with Gasteiger partial charge in [-0.15, -0.1) is 5.10 Å². The molecule has 0 bridgehead atoms. The van der Waals surface area contributed by atoms with Gasteiger partial charge in [-0.05, 0) is 6.92 Å². The van der Waals surface area contributed by atoms with Crippen LogP contribution in [0.3, 0.4) is 0 Å². The summed E-state index contributed by atoms with van der Waals surface area (Å²) >= 11 is 0. The largest absolute Gasteiger partial charge is 0.352 e. The van der Waals surface area contributed by atoms with E-state index in [0.717, 1.165) is 5.82 Å². The number of hydrogen-bond donors (Lipinski definition) is 1. The Hall–Kier alpha value is -2.18. The molecular weight excluding hydrogens is 256 g/mol. The van der Waals surface area contributed by atoms with Gasteiger partial charge in [-0.2, -0.15) is 0 Å². The number of carbonyl (C=O) groups is 1. The number of hydrogen-bond acceptors (Lipinski definition) is 4. The van der Waals surface area contributed by atoms with Crippen LogP contribution in [0, 0.1) is 0 Å². The Labute approximate surface area is 118 Å². The fourth-order valence-corrected chi connectivity index (χ4v) is 2.02. The van der Waals surface area contributed by atoms with E-state index in [1.807, 2.05) is 17.7 Å². The van der Waals surface area contributed by atoms with Crippen LogP contribution in [0.5, 0.6) is 0 Å². The van der Waals surface area contributed by atoms with Gasteiger partial charge >= 0.3 is 0 Å². The third-order valence-corrected chi connectivity index (χ3v) is 3.12. The molecule has 0 fully saturated rings. The number of carbonyl (C=O) groups excluding carboxylic acids is 1. The lowest BCUT2D eigenvalue weighted by Crippen LogP contribution is -2.33. The van der Waals surface area contributed by atoms with Gasteiger partial charge in [0.2, 0.25) is 5.91 Å². The predicted molar refractivity (Wildman–Crippen MR) is 74.1 cm³/mol. The highest BCUT2D eigenvalue weighted by Crippen LogP contribution is 2.16. The number of nitrogens with one attached hydrogen (secondary N) is 1. The van der Waals surface area contributed by atoms with E-state index in [1.54, 1.807) is 23.3 Å². The monoisotopic (exact) mass is 276 g/mol. The van der Waals surface area contributed by atoms with Gasteiger partial charge in [-0.3, -0.25) is 9.48 Å². The topological polar surface area (TPSA) is 77.6 Å². The lowest BCUT2D eigenvalue weighted by molar-refractivity contribution is -0.123. The van der Waals surface area contributed by atoms with Crippen molar-refractivity contribution in [3.05, 3.63) is 30.6 Å². The zero-order chi connectivity index (χ0) is 14.5. The highest BCUT2D eigenvalue weighted by atomic mass is 16.2. The van der Waals surface area contributed by atoms with Crippen molar-refractivity contribution in [3.8, 4) is 0 Å². The number of amides is 1.